The molecule has 0 saturated carbocycles. The Hall–Kier alpha value is -3.93. The van der Waals surface area contributed by atoms with E-state index in [2.05, 4.69) is 16.2 Å². The summed E-state index contributed by atoms with van der Waals surface area (Å²) in [6.45, 7) is 0.420. The predicted octanol–water partition coefficient (Wildman–Crippen LogP) is 4.31. The van der Waals surface area contributed by atoms with Crippen molar-refractivity contribution in [1.82, 2.24) is 9.55 Å². The fourth-order valence-corrected chi connectivity index (χ4v) is 2.99. The molecule has 1 heterocycles. The lowest BCUT2D eigenvalue weighted by atomic mass is 10.0. The highest BCUT2D eigenvalue weighted by molar-refractivity contribution is 6.03. The van der Waals surface area contributed by atoms with E-state index in [0.29, 0.717) is 23.6 Å². The third-order valence-electron chi connectivity index (χ3n) is 4.52. The zero-order valence-electron chi connectivity index (χ0n) is 15.9. The lowest BCUT2D eigenvalue weighted by Crippen LogP contribution is -2.13. The van der Waals surface area contributed by atoms with Crippen LogP contribution in [0.4, 0.5) is 0 Å². The normalized spacial score (nSPS) is 11.4. The van der Waals surface area contributed by atoms with Gasteiger partial charge in [0.1, 0.15) is 11.5 Å². The minimum atomic E-state index is -0.548. The second-order valence-electron chi connectivity index (χ2n) is 6.45. The smallest absolute Gasteiger partial charge is 0.365 e. The van der Waals surface area contributed by atoms with Crippen LogP contribution in [0, 0.1) is 0 Å². The van der Waals surface area contributed by atoms with Crippen molar-refractivity contribution in [3.8, 4) is 5.75 Å². The Labute approximate surface area is 168 Å². The van der Waals surface area contributed by atoms with E-state index in [0.717, 1.165) is 16.3 Å². The second kappa shape index (κ2) is 8.39. The molecule has 144 valence electrons. The second-order valence-corrected chi connectivity index (χ2v) is 6.45. The van der Waals surface area contributed by atoms with Crippen LogP contribution in [0.15, 0.2) is 90.6 Å². The number of benzene rings is 3. The molecule has 4 aromatic rings. The first kappa shape index (κ1) is 18.4. The average molecular weight is 385 g/mol. The molecule has 0 saturated heterocycles. The van der Waals surface area contributed by atoms with Crippen LogP contribution in [0.25, 0.3) is 10.8 Å². The van der Waals surface area contributed by atoms with Gasteiger partial charge in [-0.3, -0.25) is 0 Å². The maximum Gasteiger partial charge on any atom is 0.365 e. The van der Waals surface area contributed by atoms with Crippen molar-refractivity contribution >= 4 is 22.5 Å². The quantitative estimate of drug-likeness (QED) is 0.282. The van der Waals surface area contributed by atoms with Gasteiger partial charge in [-0.15, -0.1) is 0 Å². The third-order valence-corrected chi connectivity index (χ3v) is 4.52. The minimum Gasteiger partial charge on any atom is -0.497 e. The van der Waals surface area contributed by atoms with Gasteiger partial charge < -0.3 is 14.1 Å². The van der Waals surface area contributed by atoms with E-state index in [9.17, 15) is 4.79 Å². The van der Waals surface area contributed by atoms with Gasteiger partial charge in [0.2, 0.25) is 0 Å². The number of carbonyl (C=O) groups is 1. The highest BCUT2D eigenvalue weighted by Crippen LogP contribution is 2.18. The molecule has 1 aromatic heterocycles. The van der Waals surface area contributed by atoms with E-state index >= 15 is 0 Å². The number of carbonyl (C=O) groups excluding carboxylic acids is 1. The largest absolute Gasteiger partial charge is 0.497 e. The number of imidazole rings is 1. The summed E-state index contributed by atoms with van der Waals surface area (Å²) in [4.78, 5) is 21.8. The number of oxime groups is 1. The van der Waals surface area contributed by atoms with Crippen molar-refractivity contribution in [2.45, 2.75) is 6.54 Å². The van der Waals surface area contributed by atoms with E-state index in [1.54, 1.807) is 43.9 Å². The maximum atomic E-state index is 12.5. The molecule has 0 unspecified atom stereocenters. The number of hydrogen-bond acceptors (Lipinski definition) is 5. The molecule has 6 heteroatoms. The average Bonchev–Trinajstić information content (AvgIpc) is 3.29. The molecular weight excluding hydrogens is 366 g/mol. The van der Waals surface area contributed by atoms with Gasteiger partial charge in [0, 0.05) is 18.0 Å². The molecule has 6 nitrogen and oxygen atoms in total. The zero-order valence-corrected chi connectivity index (χ0v) is 15.9. The first-order chi connectivity index (χ1) is 14.2. The summed E-state index contributed by atoms with van der Waals surface area (Å²) in [5, 5.41) is 6.40. The van der Waals surface area contributed by atoms with Crippen LogP contribution in [0.2, 0.25) is 0 Å². The van der Waals surface area contributed by atoms with Crippen molar-refractivity contribution in [3.05, 3.63) is 96.6 Å². The molecule has 0 spiro atoms. The Morgan fingerprint density at radius 1 is 1.00 bits per heavy atom. The van der Waals surface area contributed by atoms with Crippen molar-refractivity contribution in [2.75, 3.05) is 7.11 Å². The number of rotatable bonds is 6. The van der Waals surface area contributed by atoms with Crippen LogP contribution < -0.4 is 4.74 Å². The van der Waals surface area contributed by atoms with Gasteiger partial charge in [-0.25, -0.2) is 9.78 Å². The van der Waals surface area contributed by atoms with Gasteiger partial charge in [-0.1, -0.05) is 47.6 Å². The summed E-state index contributed by atoms with van der Waals surface area (Å²) in [5.41, 5.74) is 1.86. The summed E-state index contributed by atoms with van der Waals surface area (Å²) in [5.74, 6) is 0.0319. The standard InChI is InChI=1S/C23H19N3O3/c1-28-21-8-4-7-20(14-21)23(27)29-25-22(15-26-12-11-24-16-26)19-10-9-17-5-2-3-6-18(17)13-19/h2-14,16H,15H2,1H3/b25-22-. The number of fused-ring (bicyclic) bond motifs is 1. The Morgan fingerprint density at radius 3 is 2.66 bits per heavy atom. The summed E-state index contributed by atoms with van der Waals surface area (Å²) in [6.07, 6.45) is 5.22. The molecule has 4 rings (SSSR count). The molecule has 0 aliphatic carbocycles. The summed E-state index contributed by atoms with van der Waals surface area (Å²) < 4.78 is 7.03. The molecule has 0 amide bonds. The highest BCUT2D eigenvalue weighted by Gasteiger charge is 2.12. The number of hydrogen-bond donors (Lipinski definition) is 0. The lowest BCUT2D eigenvalue weighted by Gasteiger charge is -2.09. The van der Waals surface area contributed by atoms with Crippen molar-refractivity contribution < 1.29 is 14.4 Å². The number of nitrogens with zero attached hydrogens (tertiary/aromatic N) is 3. The topological polar surface area (TPSA) is 65.7 Å². The van der Waals surface area contributed by atoms with E-state index in [1.807, 2.05) is 47.2 Å². The van der Waals surface area contributed by atoms with Gasteiger partial charge in [-0.05, 0) is 35.0 Å². The SMILES string of the molecule is COc1cccc(C(=O)O/N=C(/Cn2ccnc2)c2ccc3ccccc3c2)c1. The summed E-state index contributed by atoms with van der Waals surface area (Å²) >= 11 is 0. The summed E-state index contributed by atoms with van der Waals surface area (Å²) in [7, 11) is 1.55. The third kappa shape index (κ3) is 4.32. The van der Waals surface area contributed by atoms with Crippen molar-refractivity contribution in [2.24, 2.45) is 5.16 Å². The molecular formula is C23H19N3O3. The monoisotopic (exact) mass is 385 g/mol. The van der Waals surface area contributed by atoms with Gasteiger partial charge in [0.15, 0.2) is 0 Å². The van der Waals surface area contributed by atoms with Gasteiger partial charge in [-0.2, -0.15) is 0 Å². The first-order valence-electron chi connectivity index (χ1n) is 9.10. The summed E-state index contributed by atoms with van der Waals surface area (Å²) in [6, 6.07) is 20.9. The fraction of sp³-hybridized carbons (Fsp3) is 0.0870. The van der Waals surface area contributed by atoms with Gasteiger partial charge >= 0.3 is 5.97 Å². The predicted molar refractivity (Wildman–Crippen MR) is 111 cm³/mol. The van der Waals surface area contributed by atoms with Crippen molar-refractivity contribution in [3.63, 3.8) is 0 Å². The maximum absolute atomic E-state index is 12.5. The van der Waals surface area contributed by atoms with E-state index in [4.69, 9.17) is 9.57 Å². The lowest BCUT2D eigenvalue weighted by molar-refractivity contribution is 0.0515. The first-order valence-corrected chi connectivity index (χ1v) is 9.10. The van der Waals surface area contributed by atoms with Crippen LogP contribution in [-0.4, -0.2) is 28.3 Å². The van der Waals surface area contributed by atoms with Crippen LogP contribution in [-0.2, 0) is 11.4 Å². The van der Waals surface area contributed by atoms with E-state index < -0.39 is 5.97 Å². The molecule has 0 atom stereocenters. The molecule has 0 N–H and O–H groups in total. The number of ether oxygens (including phenoxy) is 1. The molecule has 29 heavy (non-hydrogen) atoms. The number of aromatic nitrogens is 2. The Balaban J connectivity index is 1.64. The minimum absolute atomic E-state index is 0.369. The molecule has 3 aromatic carbocycles. The van der Waals surface area contributed by atoms with Gasteiger partial charge in [0.25, 0.3) is 0 Å². The zero-order chi connectivity index (χ0) is 20.1. The number of methoxy groups -OCH3 is 1. The van der Waals surface area contributed by atoms with Gasteiger partial charge in [0.05, 0.1) is 25.5 Å². The van der Waals surface area contributed by atoms with Crippen LogP contribution in [0.5, 0.6) is 5.75 Å². The Kier molecular flexibility index (Phi) is 5.33. The molecule has 0 aliphatic heterocycles. The molecule has 0 aliphatic rings. The molecule has 0 bridgehead atoms. The Morgan fingerprint density at radius 2 is 1.86 bits per heavy atom. The van der Waals surface area contributed by atoms with Crippen LogP contribution >= 0.6 is 0 Å². The van der Waals surface area contributed by atoms with E-state index in [1.165, 1.54) is 0 Å². The Bertz CT molecular complexity index is 1170. The van der Waals surface area contributed by atoms with Crippen molar-refractivity contribution in [1.29, 1.82) is 0 Å². The van der Waals surface area contributed by atoms with Crippen LogP contribution in [0.3, 0.4) is 0 Å². The molecule has 0 fully saturated rings. The fourth-order valence-electron chi connectivity index (χ4n) is 2.99. The highest BCUT2D eigenvalue weighted by atomic mass is 16.7. The van der Waals surface area contributed by atoms with E-state index in [-0.39, 0.29) is 0 Å². The molecule has 0 radical (unpaired) electrons. The van der Waals surface area contributed by atoms with Crippen LogP contribution in [0.1, 0.15) is 15.9 Å².